The Balaban J connectivity index is 1.43. The van der Waals surface area contributed by atoms with Gasteiger partial charge >= 0.3 is 6.03 Å². The van der Waals surface area contributed by atoms with Crippen LogP contribution in [0.2, 0.25) is 0 Å². The van der Waals surface area contributed by atoms with E-state index in [0.29, 0.717) is 19.0 Å². The number of nitrogens with one attached hydrogen (secondary N) is 1. The molecule has 0 bridgehead atoms. The van der Waals surface area contributed by atoms with Crippen molar-refractivity contribution in [2.75, 3.05) is 18.5 Å². The fourth-order valence-electron chi connectivity index (χ4n) is 3.17. The largest absolute Gasteiger partial charge is 0.376 e. The fourth-order valence-corrected chi connectivity index (χ4v) is 3.83. The molecule has 2 amide bonds. The van der Waals surface area contributed by atoms with E-state index in [1.807, 2.05) is 21.0 Å². The van der Waals surface area contributed by atoms with E-state index in [9.17, 15) is 4.79 Å². The van der Waals surface area contributed by atoms with Gasteiger partial charge in [-0.25, -0.2) is 9.48 Å². The molecule has 1 N–H and O–H groups in total. The first-order valence-electron chi connectivity index (χ1n) is 8.98. The van der Waals surface area contributed by atoms with Crippen LogP contribution in [-0.4, -0.2) is 40.0 Å². The lowest BCUT2D eigenvalue weighted by molar-refractivity contribution is 0.0819. The van der Waals surface area contributed by atoms with Crippen molar-refractivity contribution in [3.63, 3.8) is 0 Å². The number of hydrogen-bond acceptors (Lipinski definition) is 4. The van der Waals surface area contributed by atoms with E-state index in [4.69, 9.17) is 4.74 Å². The molecule has 7 heteroatoms. The predicted molar refractivity (Wildman–Crippen MR) is 97.7 cm³/mol. The van der Waals surface area contributed by atoms with Crippen molar-refractivity contribution >= 4 is 23.2 Å². The predicted octanol–water partition coefficient (Wildman–Crippen LogP) is 3.57. The topological polar surface area (TPSA) is 59.4 Å². The molecular weight excluding hydrogens is 336 g/mol. The minimum Gasteiger partial charge on any atom is -0.376 e. The Morgan fingerprint density at radius 1 is 1.40 bits per heavy atom. The van der Waals surface area contributed by atoms with Gasteiger partial charge in [0, 0.05) is 32.3 Å². The monoisotopic (exact) mass is 360 g/mol. The molecule has 4 rings (SSSR count). The van der Waals surface area contributed by atoms with Crippen molar-refractivity contribution in [3.05, 3.63) is 34.7 Å². The van der Waals surface area contributed by atoms with Crippen LogP contribution in [0.15, 0.2) is 29.1 Å². The number of ether oxygens (including phenoxy) is 1. The van der Waals surface area contributed by atoms with Gasteiger partial charge in [-0.3, -0.25) is 5.32 Å². The molecule has 25 heavy (non-hydrogen) atoms. The van der Waals surface area contributed by atoms with E-state index in [-0.39, 0.29) is 12.1 Å². The van der Waals surface area contributed by atoms with E-state index < -0.39 is 0 Å². The number of carbonyl (C=O) groups excluding carboxylic acids is 1. The lowest BCUT2D eigenvalue weighted by Gasteiger charge is -2.25. The average molecular weight is 360 g/mol. The molecule has 2 fully saturated rings. The molecule has 134 valence electrons. The van der Waals surface area contributed by atoms with Gasteiger partial charge in [-0.1, -0.05) is 0 Å². The van der Waals surface area contributed by atoms with Gasteiger partial charge in [-0.15, -0.1) is 0 Å². The van der Waals surface area contributed by atoms with E-state index >= 15 is 0 Å². The molecule has 0 aromatic carbocycles. The number of thiophene rings is 1. The maximum absolute atomic E-state index is 12.9. The molecule has 6 nitrogen and oxygen atoms in total. The van der Waals surface area contributed by atoms with E-state index in [1.165, 1.54) is 12.8 Å². The van der Waals surface area contributed by atoms with Gasteiger partial charge in [0.25, 0.3) is 0 Å². The lowest BCUT2D eigenvalue weighted by atomic mass is 10.2. The van der Waals surface area contributed by atoms with Gasteiger partial charge in [-0.2, -0.15) is 16.4 Å². The van der Waals surface area contributed by atoms with Crippen LogP contribution in [0.25, 0.3) is 0 Å². The summed E-state index contributed by atoms with van der Waals surface area (Å²) >= 11 is 1.65. The van der Waals surface area contributed by atoms with E-state index in [0.717, 1.165) is 37.4 Å². The van der Waals surface area contributed by atoms with Crippen molar-refractivity contribution in [3.8, 4) is 0 Å². The molecule has 2 aromatic heterocycles. The highest BCUT2D eigenvalue weighted by atomic mass is 32.1. The summed E-state index contributed by atoms with van der Waals surface area (Å²) in [5.74, 6) is 1.49. The number of nitrogens with zero attached hydrogens (tertiary/aromatic N) is 3. The molecule has 2 aliphatic rings. The molecule has 1 atom stereocenters. The maximum Gasteiger partial charge on any atom is 0.323 e. The number of anilines is 1. The standard InChI is InChI=1S/C18H24N4O2S/c23-18(20-17-5-7-19-22(17)11-14-3-4-14)21(10-15-6-9-25-13-15)12-16-2-1-8-24-16/h5-7,9,13-14,16H,1-4,8,10-12H2,(H,20,23)/t16-/m0/s1. The minimum atomic E-state index is -0.0840. The SMILES string of the molecule is O=C(Nc1ccnn1CC1CC1)N(Cc1ccsc1)C[C@@H]1CCCO1. The van der Waals surface area contributed by atoms with Crippen LogP contribution in [-0.2, 0) is 17.8 Å². The third-order valence-corrected chi connectivity index (χ3v) is 5.50. The Morgan fingerprint density at radius 3 is 3.04 bits per heavy atom. The van der Waals surface area contributed by atoms with Gasteiger partial charge in [0.2, 0.25) is 0 Å². The van der Waals surface area contributed by atoms with Crippen molar-refractivity contribution in [1.82, 2.24) is 14.7 Å². The Morgan fingerprint density at radius 2 is 2.32 bits per heavy atom. The number of carbonyl (C=O) groups is 1. The van der Waals surface area contributed by atoms with Crippen LogP contribution in [0.4, 0.5) is 10.6 Å². The number of urea groups is 1. The summed E-state index contributed by atoms with van der Waals surface area (Å²) in [7, 11) is 0. The molecule has 0 unspecified atom stereocenters. The van der Waals surface area contributed by atoms with Crippen molar-refractivity contribution < 1.29 is 9.53 Å². The summed E-state index contributed by atoms with van der Waals surface area (Å²) < 4.78 is 7.64. The Kier molecular flexibility index (Phi) is 5.03. The average Bonchev–Trinajstić information content (AvgIpc) is 3.02. The van der Waals surface area contributed by atoms with Crippen LogP contribution in [0.1, 0.15) is 31.2 Å². The first kappa shape index (κ1) is 16.6. The molecule has 1 aliphatic carbocycles. The van der Waals surface area contributed by atoms with Crippen molar-refractivity contribution in [2.24, 2.45) is 5.92 Å². The lowest BCUT2D eigenvalue weighted by Crippen LogP contribution is -2.40. The minimum absolute atomic E-state index is 0.0840. The highest BCUT2D eigenvalue weighted by Crippen LogP contribution is 2.31. The van der Waals surface area contributed by atoms with Crippen molar-refractivity contribution in [2.45, 2.75) is 44.9 Å². The Bertz CT molecular complexity index is 690. The molecule has 2 aromatic rings. The second kappa shape index (κ2) is 7.58. The zero-order chi connectivity index (χ0) is 17.1. The third kappa shape index (κ3) is 4.41. The zero-order valence-corrected chi connectivity index (χ0v) is 15.1. The number of rotatable bonds is 7. The molecule has 1 saturated carbocycles. The molecule has 1 aliphatic heterocycles. The van der Waals surface area contributed by atoms with Gasteiger partial charge in [0.05, 0.1) is 12.3 Å². The van der Waals surface area contributed by atoms with Crippen LogP contribution >= 0.6 is 11.3 Å². The highest BCUT2D eigenvalue weighted by Gasteiger charge is 2.25. The summed E-state index contributed by atoms with van der Waals surface area (Å²) in [4.78, 5) is 14.8. The molecule has 0 radical (unpaired) electrons. The highest BCUT2D eigenvalue weighted by molar-refractivity contribution is 7.07. The van der Waals surface area contributed by atoms with Crippen molar-refractivity contribution in [1.29, 1.82) is 0 Å². The van der Waals surface area contributed by atoms with Crippen LogP contribution < -0.4 is 5.32 Å². The summed E-state index contributed by atoms with van der Waals surface area (Å²) in [5, 5.41) is 11.5. The van der Waals surface area contributed by atoms with Crippen LogP contribution in [0.5, 0.6) is 0 Å². The van der Waals surface area contributed by atoms with Crippen LogP contribution in [0, 0.1) is 5.92 Å². The number of amides is 2. The van der Waals surface area contributed by atoms with E-state index in [2.05, 4.69) is 21.9 Å². The third-order valence-electron chi connectivity index (χ3n) is 4.77. The normalized spacial score (nSPS) is 19.9. The molecule has 0 spiro atoms. The van der Waals surface area contributed by atoms with Gasteiger partial charge in [0.1, 0.15) is 5.82 Å². The molecular formula is C18H24N4O2S. The summed E-state index contributed by atoms with van der Waals surface area (Å²) in [6, 6.07) is 3.85. The Labute approximate surface area is 151 Å². The van der Waals surface area contributed by atoms with E-state index in [1.54, 1.807) is 17.5 Å². The van der Waals surface area contributed by atoms with Gasteiger partial charge in [-0.05, 0) is 54.0 Å². The second-order valence-corrected chi connectivity index (χ2v) is 7.70. The number of aromatic nitrogens is 2. The second-order valence-electron chi connectivity index (χ2n) is 6.92. The summed E-state index contributed by atoms with van der Waals surface area (Å²) in [6.07, 6.45) is 6.51. The summed E-state index contributed by atoms with van der Waals surface area (Å²) in [6.45, 7) is 2.91. The van der Waals surface area contributed by atoms with Crippen LogP contribution in [0.3, 0.4) is 0 Å². The zero-order valence-electron chi connectivity index (χ0n) is 14.3. The summed E-state index contributed by atoms with van der Waals surface area (Å²) in [5.41, 5.74) is 1.16. The molecule has 1 saturated heterocycles. The fraction of sp³-hybridized carbons (Fsp3) is 0.556. The maximum atomic E-state index is 12.9. The first-order chi connectivity index (χ1) is 12.3. The quantitative estimate of drug-likeness (QED) is 0.821. The smallest absolute Gasteiger partial charge is 0.323 e. The van der Waals surface area contributed by atoms with Gasteiger partial charge in [0.15, 0.2) is 0 Å². The van der Waals surface area contributed by atoms with Gasteiger partial charge < -0.3 is 9.64 Å². The Hall–Kier alpha value is -1.86. The molecule has 3 heterocycles. The number of hydrogen-bond donors (Lipinski definition) is 1. The first-order valence-corrected chi connectivity index (χ1v) is 9.92.